The molecule has 2 heterocycles. The zero-order valence-electron chi connectivity index (χ0n) is 16.2. The van der Waals surface area contributed by atoms with E-state index in [1.807, 2.05) is 41.0 Å². The van der Waals surface area contributed by atoms with Crippen molar-refractivity contribution < 1.29 is 14.3 Å². The van der Waals surface area contributed by atoms with E-state index in [2.05, 4.69) is 32.3 Å². The van der Waals surface area contributed by atoms with Crippen LogP contribution >= 0.6 is 11.3 Å². The Hall–Kier alpha value is -2.86. The van der Waals surface area contributed by atoms with E-state index in [9.17, 15) is 4.79 Å². The SMILES string of the molecule is C=CCn1c(=NC(=O)c2ccc(C(C)(C)C)cc2)sc2cc3c(cc21)OCO3. The first-order valence-electron chi connectivity index (χ1n) is 9.10. The number of hydrogen-bond donors (Lipinski definition) is 0. The molecule has 2 aromatic carbocycles. The van der Waals surface area contributed by atoms with E-state index in [0.717, 1.165) is 16.0 Å². The van der Waals surface area contributed by atoms with Crippen molar-refractivity contribution in [3.63, 3.8) is 0 Å². The van der Waals surface area contributed by atoms with Gasteiger partial charge >= 0.3 is 0 Å². The molecule has 5 nitrogen and oxygen atoms in total. The predicted molar refractivity (Wildman–Crippen MR) is 111 cm³/mol. The summed E-state index contributed by atoms with van der Waals surface area (Å²) in [5.74, 6) is 1.17. The van der Waals surface area contributed by atoms with E-state index >= 15 is 0 Å². The van der Waals surface area contributed by atoms with Crippen molar-refractivity contribution in [2.75, 3.05) is 6.79 Å². The maximum atomic E-state index is 12.8. The lowest BCUT2D eigenvalue weighted by molar-refractivity contribution is 0.0998. The van der Waals surface area contributed by atoms with Gasteiger partial charge in [0.15, 0.2) is 16.3 Å². The number of ether oxygens (including phenoxy) is 2. The summed E-state index contributed by atoms with van der Waals surface area (Å²) in [6.07, 6.45) is 1.79. The minimum atomic E-state index is -0.259. The molecule has 0 fully saturated rings. The molecule has 0 radical (unpaired) electrons. The van der Waals surface area contributed by atoms with Crippen LogP contribution in [0.25, 0.3) is 10.2 Å². The average Bonchev–Trinajstić information content (AvgIpc) is 3.24. The molecule has 1 aliphatic heterocycles. The Kier molecular flexibility index (Phi) is 4.59. The largest absolute Gasteiger partial charge is 0.454 e. The molecule has 1 aliphatic rings. The molecule has 144 valence electrons. The lowest BCUT2D eigenvalue weighted by atomic mass is 9.87. The highest BCUT2D eigenvalue weighted by Crippen LogP contribution is 2.37. The predicted octanol–water partition coefficient (Wildman–Crippen LogP) is 4.66. The molecule has 0 spiro atoms. The normalized spacial score (nSPS) is 13.9. The fourth-order valence-corrected chi connectivity index (χ4v) is 4.16. The summed E-state index contributed by atoms with van der Waals surface area (Å²) in [6, 6.07) is 11.5. The summed E-state index contributed by atoms with van der Waals surface area (Å²) < 4.78 is 13.9. The molecular formula is C22H22N2O3S. The lowest BCUT2D eigenvalue weighted by Crippen LogP contribution is -2.16. The molecule has 0 atom stereocenters. The van der Waals surface area contributed by atoms with Gasteiger partial charge in [-0.05, 0) is 23.1 Å². The number of aromatic nitrogens is 1. The quantitative estimate of drug-likeness (QED) is 0.607. The first-order chi connectivity index (χ1) is 13.4. The Morgan fingerprint density at radius 3 is 2.54 bits per heavy atom. The molecule has 1 aromatic heterocycles. The second-order valence-corrected chi connectivity index (χ2v) is 8.71. The number of fused-ring (bicyclic) bond motifs is 2. The third kappa shape index (κ3) is 3.36. The molecule has 0 N–H and O–H groups in total. The Labute approximate surface area is 167 Å². The zero-order valence-corrected chi connectivity index (χ0v) is 17.0. The highest BCUT2D eigenvalue weighted by atomic mass is 32.1. The zero-order chi connectivity index (χ0) is 19.9. The van der Waals surface area contributed by atoms with Gasteiger partial charge in [0, 0.05) is 24.2 Å². The van der Waals surface area contributed by atoms with E-state index in [4.69, 9.17) is 9.47 Å². The maximum absolute atomic E-state index is 12.8. The third-order valence-electron chi connectivity index (χ3n) is 4.68. The van der Waals surface area contributed by atoms with Crippen LogP contribution in [0.3, 0.4) is 0 Å². The van der Waals surface area contributed by atoms with E-state index in [-0.39, 0.29) is 18.1 Å². The Balaban J connectivity index is 1.77. The Bertz CT molecular complexity index is 1130. The molecule has 0 saturated heterocycles. The smallest absolute Gasteiger partial charge is 0.279 e. The number of benzene rings is 2. The molecule has 3 aromatic rings. The first kappa shape index (κ1) is 18.5. The second-order valence-electron chi connectivity index (χ2n) is 7.70. The van der Waals surface area contributed by atoms with Crippen LogP contribution in [0.15, 0.2) is 54.0 Å². The van der Waals surface area contributed by atoms with E-state index in [1.165, 1.54) is 16.9 Å². The topological polar surface area (TPSA) is 52.8 Å². The number of carbonyl (C=O) groups excluding carboxylic acids is 1. The van der Waals surface area contributed by atoms with Crippen LogP contribution in [-0.4, -0.2) is 17.3 Å². The van der Waals surface area contributed by atoms with Gasteiger partial charge < -0.3 is 14.0 Å². The van der Waals surface area contributed by atoms with Crippen LogP contribution in [0.1, 0.15) is 36.7 Å². The van der Waals surface area contributed by atoms with Crippen molar-refractivity contribution in [3.8, 4) is 11.5 Å². The Morgan fingerprint density at radius 2 is 1.89 bits per heavy atom. The van der Waals surface area contributed by atoms with Crippen molar-refractivity contribution in [1.29, 1.82) is 0 Å². The van der Waals surface area contributed by atoms with Gasteiger partial charge in [-0.3, -0.25) is 4.79 Å². The van der Waals surface area contributed by atoms with Crippen LogP contribution < -0.4 is 14.3 Å². The lowest BCUT2D eigenvalue weighted by Gasteiger charge is -2.18. The Morgan fingerprint density at radius 1 is 1.21 bits per heavy atom. The molecule has 6 heteroatoms. The van der Waals surface area contributed by atoms with Crippen LogP contribution in [-0.2, 0) is 12.0 Å². The fourth-order valence-electron chi connectivity index (χ4n) is 3.11. The summed E-state index contributed by atoms with van der Waals surface area (Å²) in [5.41, 5.74) is 2.75. The van der Waals surface area contributed by atoms with Gasteiger partial charge in [-0.2, -0.15) is 4.99 Å². The third-order valence-corrected chi connectivity index (χ3v) is 5.72. The number of thiazole rings is 1. The molecular weight excluding hydrogens is 372 g/mol. The molecule has 0 saturated carbocycles. The minimum Gasteiger partial charge on any atom is -0.454 e. The summed E-state index contributed by atoms with van der Waals surface area (Å²) in [5, 5.41) is 0. The standard InChI is InChI=1S/C22H22N2O3S/c1-5-10-24-16-11-17-18(27-13-26-17)12-19(16)28-21(24)23-20(25)14-6-8-15(9-7-14)22(2,3)4/h5-9,11-12H,1,10,13H2,2-4H3. The van der Waals surface area contributed by atoms with Gasteiger partial charge in [0.1, 0.15) is 0 Å². The summed E-state index contributed by atoms with van der Waals surface area (Å²) in [7, 11) is 0. The highest BCUT2D eigenvalue weighted by Gasteiger charge is 2.18. The van der Waals surface area contributed by atoms with Crippen LogP contribution in [0, 0.1) is 0 Å². The maximum Gasteiger partial charge on any atom is 0.279 e. The van der Waals surface area contributed by atoms with Gasteiger partial charge in [-0.1, -0.05) is 50.3 Å². The van der Waals surface area contributed by atoms with Crippen LogP contribution in [0.5, 0.6) is 11.5 Å². The first-order valence-corrected chi connectivity index (χ1v) is 9.92. The number of carbonyl (C=O) groups is 1. The van der Waals surface area contributed by atoms with Crippen molar-refractivity contribution >= 4 is 27.5 Å². The van der Waals surface area contributed by atoms with Crippen molar-refractivity contribution in [1.82, 2.24) is 4.57 Å². The van der Waals surface area contributed by atoms with Gasteiger partial charge in [-0.25, -0.2) is 0 Å². The number of nitrogens with zero attached hydrogens (tertiary/aromatic N) is 2. The average molecular weight is 394 g/mol. The van der Waals surface area contributed by atoms with Crippen molar-refractivity contribution in [2.24, 2.45) is 4.99 Å². The highest BCUT2D eigenvalue weighted by molar-refractivity contribution is 7.16. The molecule has 0 unspecified atom stereocenters. The fraction of sp³-hybridized carbons (Fsp3) is 0.273. The molecule has 28 heavy (non-hydrogen) atoms. The molecule has 1 amide bonds. The number of rotatable bonds is 3. The van der Waals surface area contributed by atoms with Crippen molar-refractivity contribution in [2.45, 2.75) is 32.7 Å². The van der Waals surface area contributed by atoms with Gasteiger partial charge in [0.05, 0.1) is 10.2 Å². The summed E-state index contributed by atoms with van der Waals surface area (Å²) >= 11 is 1.45. The molecule has 0 aliphatic carbocycles. The van der Waals surface area contributed by atoms with E-state index < -0.39 is 0 Å². The minimum absolute atomic E-state index is 0.0434. The van der Waals surface area contributed by atoms with E-state index in [1.54, 1.807) is 6.08 Å². The van der Waals surface area contributed by atoms with Gasteiger partial charge in [0.2, 0.25) is 6.79 Å². The molecule has 0 bridgehead atoms. The van der Waals surface area contributed by atoms with Crippen molar-refractivity contribution in [3.05, 3.63) is 65.0 Å². The summed E-state index contributed by atoms with van der Waals surface area (Å²) in [6.45, 7) is 11.0. The number of amides is 1. The summed E-state index contributed by atoms with van der Waals surface area (Å²) in [4.78, 5) is 17.8. The second kappa shape index (κ2) is 6.95. The van der Waals surface area contributed by atoms with Crippen LogP contribution in [0.4, 0.5) is 0 Å². The van der Waals surface area contributed by atoms with Crippen LogP contribution in [0.2, 0.25) is 0 Å². The van der Waals surface area contributed by atoms with Gasteiger partial charge in [-0.15, -0.1) is 6.58 Å². The monoisotopic (exact) mass is 394 g/mol. The van der Waals surface area contributed by atoms with Gasteiger partial charge in [0.25, 0.3) is 5.91 Å². The number of hydrogen-bond acceptors (Lipinski definition) is 4. The number of allylic oxidation sites excluding steroid dienone is 1. The van der Waals surface area contributed by atoms with E-state index in [0.29, 0.717) is 22.7 Å². The molecule has 4 rings (SSSR count).